The molecule has 0 amide bonds. The molecule has 1 saturated carbocycles. The molecule has 15 heavy (non-hydrogen) atoms. The molecular formula is C13H28N2. The maximum absolute atomic E-state index is 3.66. The number of nitrogens with zero attached hydrogens (tertiary/aromatic N) is 1. The van der Waals surface area contributed by atoms with E-state index in [0.717, 1.165) is 18.4 Å². The summed E-state index contributed by atoms with van der Waals surface area (Å²) in [4.78, 5) is 2.25. The van der Waals surface area contributed by atoms with Gasteiger partial charge in [0, 0.05) is 12.6 Å². The standard InChI is InChI=1S/C13H28N2/c1-11-5-7-13(8-6-11)9-14-12(2)10-15(3)4/h11-14H,5-10H2,1-4H3. The minimum absolute atomic E-state index is 0.624. The SMILES string of the molecule is CC1CCC(CNC(C)CN(C)C)CC1. The molecule has 1 aliphatic rings. The summed E-state index contributed by atoms with van der Waals surface area (Å²) in [5.41, 5.74) is 0. The van der Waals surface area contributed by atoms with Crippen LogP contribution in [-0.2, 0) is 0 Å². The Morgan fingerprint density at radius 2 is 1.80 bits per heavy atom. The van der Waals surface area contributed by atoms with Crippen LogP contribution in [0.25, 0.3) is 0 Å². The predicted octanol–water partition coefficient (Wildman–Crippen LogP) is 2.35. The first kappa shape index (κ1) is 13.0. The third-order valence-corrected chi connectivity index (χ3v) is 3.53. The predicted molar refractivity (Wildman–Crippen MR) is 67.1 cm³/mol. The van der Waals surface area contributed by atoms with Gasteiger partial charge in [-0.1, -0.05) is 19.8 Å². The van der Waals surface area contributed by atoms with E-state index in [1.165, 1.54) is 32.2 Å². The Morgan fingerprint density at radius 1 is 1.20 bits per heavy atom. The Labute approximate surface area is 95.4 Å². The number of rotatable bonds is 5. The second kappa shape index (κ2) is 6.49. The summed E-state index contributed by atoms with van der Waals surface area (Å²) in [5, 5.41) is 3.66. The zero-order valence-corrected chi connectivity index (χ0v) is 10.9. The molecule has 1 atom stereocenters. The van der Waals surface area contributed by atoms with E-state index in [1.54, 1.807) is 0 Å². The molecule has 0 aliphatic heterocycles. The molecule has 1 N–H and O–H groups in total. The van der Waals surface area contributed by atoms with E-state index in [-0.39, 0.29) is 0 Å². The van der Waals surface area contributed by atoms with Gasteiger partial charge >= 0.3 is 0 Å². The van der Waals surface area contributed by atoms with Crippen molar-refractivity contribution in [3.05, 3.63) is 0 Å². The van der Waals surface area contributed by atoms with Crippen LogP contribution in [0.2, 0.25) is 0 Å². The van der Waals surface area contributed by atoms with E-state index in [1.807, 2.05) is 0 Å². The molecular weight excluding hydrogens is 184 g/mol. The van der Waals surface area contributed by atoms with E-state index >= 15 is 0 Å². The van der Waals surface area contributed by atoms with E-state index in [9.17, 15) is 0 Å². The van der Waals surface area contributed by atoms with Gasteiger partial charge in [-0.25, -0.2) is 0 Å². The molecule has 2 heteroatoms. The largest absolute Gasteiger partial charge is 0.313 e. The number of hydrogen-bond donors (Lipinski definition) is 1. The quantitative estimate of drug-likeness (QED) is 0.752. The first-order valence-electron chi connectivity index (χ1n) is 6.46. The third kappa shape index (κ3) is 5.53. The molecule has 1 fully saturated rings. The second-order valence-electron chi connectivity index (χ2n) is 5.70. The average molecular weight is 212 g/mol. The summed E-state index contributed by atoms with van der Waals surface area (Å²) in [7, 11) is 4.28. The van der Waals surface area contributed by atoms with Crippen LogP contribution < -0.4 is 5.32 Å². The van der Waals surface area contributed by atoms with Crippen molar-refractivity contribution in [3.63, 3.8) is 0 Å². The normalized spacial score (nSPS) is 29.4. The zero-order chi connectivity index (χ0) is 11.3. The van der Waals surface area contributed by atoms with Gasteiger partial charge in [0.1, 0.15) is 0 Å². The van der Waals surface area contributed by atoms with Gasteiger partial charge in [0.2, 0.25) is 0 Å². The van der Waals surface area contributed by atoms with Gasteiger partial charge in [-0.15, -0.1) is 0 Å². The monoisotopic (exact) mass is 212 g/mol. The van der Waals surface area contributed by atoms with Crippen molar-refractivity contribution in [1.29, 1.82) is 0 Å². The molecule has 1 rings (SSSR count). The Bertz CT molecular complexity index is 160. The molecule has 0 spiro atoms. The van der Waals surface area contributed by atoms with Crippen LogP contribution in [0.3, 0.4) is 0 Å². The fourth-order valence-corrected chi connectivity index (χ4v) is 2.51. The maximum Gasteiger partial charge on any atom is 0.0166 e. The van der Waals surface area contributed by atoms with Gasteiger partial charge < -0.3 is 10.2 Å². The summed E-state index contributed by atoms with van der Waals surface area (Å²) in [6, 6.07) is 0.624. The molecule has 90 valence electrons. The molecule has 2 nitrogen and oxygen atoms in total. The van der Waals surface area contributed by atoms with Crippen LogP contribution in [0, 0.1) is 11.8 Å². The zero-order valence-electron chi connectivity index (χ0n) is 10.9. The smallest absolute Gasteiger partial charge is 0.0166 e. The highest BCUT2D eigenvalue weighted by Crippen LogP contribution is 2.27. The Kier molecular flexibility index (Phi) is 5.62. The highest BCUT2D eigenvalue weighted by atomic mass is 15.1. The van der Waals surface area contributed by atoms with Crippen molar-refractivity contribution in [2.75, 3.05) is 27.2 Å². The fraction of sp³-hybridized carbons (Fsp3) is 1.00. The van der Waals surface area contributed by atoms with Crippen LogP contribution in [0.1, 0.15) is 39.5 Å². The molecule has 0 heterocycles. The van der Waals surface area contributed by atoms with Gasteiger partial charge in [-0.2, -0.15) is 0 Å². The molecule has 0 bridgehead atoms. The molecule has 0 radical (unpaired) electrons. The van der Waals surface area contributed by atoms with E-state index in [2.05, 4.69) is 38.2 Å². The van der Waals surface area contributed by atoms with E-state index < -0.39 is 0 Å². The third-order valence-electron chi connectivity index (χ3n) is 3.53. The second-order valence-corrected chi connectivity index (χ2v) is 5.70. The van der Waals surface area contributed by atoms with E-state index in [4.69, 9.17) is 0 Å². The number of hydrogen-bond acceptors (Lipinski definition) is 2. The summed E-state index contributed by atoms with van der Waals surface area (Å²) >= 11 is 0. The topological polar surface area (TPSA) is 15.3 Å². The van der Waals surface area contributed by atoms with Crippen molar-refractivity contribution in [1.82, 2.24) is 10.2 Å². The van der Waals surface area contributed by atoms with Gasteiger partial charge in [0.25, 0.3) is 0 Å². The Balaban J connectivity index is 2.09. The van der Waals surface area contributed by atoms with Crippen LogP contribution >= 0.6 is 0 Å². The minimum Gasteiger partial charge on any atom is -0.313 e. The van der Waals surface area contributed by atoms with E-state index in [0.29, 0.717) is 6.04 Å². The lowest BCUT2D eigenvalue weighted by Crippen LogP contribution is -2.39. The van der Waals surface area contributed by atoms with Crippen molar-refractivity contribution < 1.29 is 0 Å². The lowest BCUT2D eigenvalue weighted by Gasteiger charge is -2.28. The number of likely N-dealkylation sites (N-methyl/N-ethyl adjacent to an activating group) is 1. The van der Waals surface area contributed by atoms with Crippen molar-refractivity contribution >= 4 is 0 Å². The van der Waals surface area contributed by atoms with Crippen LogP contribution in [0.5, 0.6) is 0 Å². The molecule has 0 aromatic rings. The van der Waals surface area contributed by atoms with Crippen LogP contribution in [0.15, 0.2) is 0 Å². The van der Waals surface area contributed by atoms with Gasteiger partial charge in [0.05, 0.1) is 0 Å². The van der Waals surface area contributed by atoms with Crippen molar-refractivity contribution in [3.8, 4) is 0 Å². The average Bonchev–Trinajstić information content (AvgIpc) is 2.16. The number of nitrogens with one attached hydrogen (secondary N) is 1. The van der Waals surface area contributed by atoms with Crippen LogP contribution in [-0.4, -0.2) is 38.1 Å². The van der Waals surface area contributed by atoms with Crippen molar-refractivity contribution in [2.45, 2.75) is 45.6 Å². The van der Waals surface area contributed by atoms with Gasteiger partial charge in [0.15, 0.2) is 0 Å². The lowest BCUT2D eigenvalue weighted by molar-refractivity contribution is 0.265. The first-order chi connectivity index (χ1) is 7.08. The van der Waals surface area contributed by atoms with Gasteiger partial charge in [-0.3, -0.25) is 0 Å². The maximum atomic E-state index is 3.66. The molecule has 1 aliphatic carbocycles. The summed E-state index contributed by atoms with van der Waals surface area (Å²) in [5.74, 6) is 1.91. The highest BCUT2D eigenvalue weighted by Gasteiger charge is 2.18. The highest BCUT2D eigenvalue weighted by molar-refractivity contribution is 4.73. The fourth-order valence-electron chi connectivity index (χ4n) is 2.51. The molecule has 1 unspecified atom stereocenters. The Hall–Kier alpha value is -0.0800. The molecule has 0 aromatic heterocycles. The lowest BCUT2D eigenvalue weighted by atomic mass is 9.83. The van der Waals surface area contributed by atoms with Crippen molar-refractivity contribution in [2.24, 2.45) is 11.8 Å². The summed E-state index contributed by atoms with van der Waals surface area (Å²) in [6.07, 6.45) is 5.74. The Morgan fingerprint density at radius 3 is 2.33 bits per heavy atom. The molecule has 0 saturated heterocycles. The summed E-state index contributed by atoms with van der Waals surface area (Å²) in [6.45, 7) is 7.04. The summed E-state index contributed by atoms with van der Waals surface area (Å²) < 4.78 is 0. The molecule has 0 aromatic carbocycles. The van der Waals surface area contributed by atoms with Crippen LogP contribution in [0.4, 0.5) is 0 Å². The van der Waals surface area contributed by atoms with Gasteiger partial charge in [-0.05, 0) is 52.2 Å². The minimum atomic E-state index is 0.624. The first-order valence-corrected chi connectivity index (χ1v) is 6.46.